The topological polar surface area (TPSA) is 63.3 Å². The maximum absolute atomic E-state index is 10.8. The number of nitrogens with two attached hydrogens (primary N) is 1. The molecular formula is C8H15NO2. The Morgan fingerprint density at radius 3 is 2.73 bits per heavy atom. The van der Waals surface area contributed by atoms with Crippen LogP contribution in [-0.4, -0.2) is 16.6 Å². The monoisotopic (exact) mass is 157 g/mol. The molecule has 1 aliphatic carbocycles. The molecule has 0 radical (unpaired) electrons. The van der Waals surface area contributed by atoms with Gasteiger partial charge in [0.05, 0.1) is 5.60 Å². The first-order valence-electron chi connectivity index (χ1n) is 4.03. The Morgan fingerprint density at radius 2 is 2.36 bits per heavy atom. The molecular weight excluding hydrogens is 142 g/mol. The zero-order chi connectivity index (χ0) is 8.48. The van der Waals surface area contributed by atoms with E-state index in [-0.39, 0.29) is 11.8 Å². The van der Waals surface area contributed by atoms with E-state index < -0.39 is 5.60 Å². The summed E-state index contributed by atoms with van der Waals surface area (Å²) in [7, 11) is 0. The van der Waals surface area contributed by atoms with Crippen LogP contribution in [0.4, 0.5) is 0 Å². The number of primary amides is 1. The van der Waals surface area contributed by atoms with Gasteiger partial charge in [0.15, 0.2) is 0 Å². The fraction of sp³-hybridized carbons (Fsp3) is 0.875. The van der Waals surface area contributed by atoms with Gasteiger partial charge in [0.1, 0.15) is 0 Å². The fourth-order valence-corrected chi connectivity index (χ4v) is 1.71. The van der Waals surface area contributed by atoms with Crippen molar-refractivity contribution in [3.8, 4) is 0 Å². The number of carbonyl (C=O) groups excluding carboxylic acids is 1. The van der Waals surface area contributed by atoms with Crippen molar-refractivity contribution < 1.29 is 9.90 Å². The Hall–Kier alpha value is -0.570. The van der Waals surface area contributed by atoms with Crippen LogP contribution in [-0.2, 0) is 4.79 Å². The summed E-state index contributed by atoms with van der Waals surface area (Å²) in [5.41, 5.74) is 4.47. The van der Waals surface area contributed by atoms with E-state index in [0.717, 1.165) is 19.3 Å². The Balaban J connectivity index is 2.53. The molecule has 0 spiro atoms. The summed E-state index contributed by atoms with van der Waals surface area (Å²) >= 11 is 0. The number of carbonyl (C=O) groups is 1. The van der Waals surface area contributed by atoms with E-state index in [1.54, 1.807) is 6.92 Å². The van der Waals surface area contributed by atoms with Gasteiger partial charge in [-0.2, -0.15) is 0 Å². The highest BCUT2D eigenvalue weighted by Crippen LogP contribution is 2.31. The number of hydrogen-bond donors (Lipinski definition) is 2. The van der Waals surface area contributed by atoms with Gasteiger partial charge in [-0.1, -0.05) is 0 Å². The molecule has 0 heterocycles. The van der Waals surface area contributed by atoms with Crippen LogP contribution in [0.1, 0.15) is 32.6 Å². The van der Waals surface area contributed by atoms with Crippen molar-refractivity contribution in [1.29, 1.82) is 0 Å². The van der Waals surface area contributed by atoms with E-state index in [0.29, 0.717) is 6.42 Å². The van der Waals surface area contributed by atoms with Crippen molar-refractivity contribution in [1.82, 2.24) is 0 Å². The highest BCUT2D eigenvalue weighted by molar-refractivity contribution is 5.76. The van der Waals surface area contributed by atoms with Crippen LogP contribution < -0.4 is 5.73 Å². The van der Waals surface area contributed by atoms with Gasteiger partial charge in [-0.3, -0.25) is 4.79 Å². The molecule has 64 valence electrons. The minimum absolute atomic E-state index is 0.112. The number of aliphatic hydroxyl groups is 1. The van der Waals surface area contributed by atoms with Crippen LogP contribution in [0.3, 0.4) is 0 Å². The molecule has 1 fully saturated rings. The minimum atomic E-state index is -0.669. The molecule has 1 saturated carbocycles. The fourth-order valence-electron chi connectivity index (χ4n) is 1.71. The average Bonchev–Trinajstić information content (AvgIpc) is 1.85. The van der Waals surface area contributed by atoms with E-state index in [4.69, 9.17) is 5.73 Å². The molecule has 1 aliphatic rings. The molecule has 0 bridgehead atoms. The lowest BCUT2D eigenvalue weighted by Gasteiger charge is -2.32. The Morgan fingerprint density at radius 1 is 1.73 bits per heavy atom. The van der Waals surface area contributed by atoms with E-state index in [9.17, 15) is 9.90 Å². The SMILES string of the molecule is CC1(O)CCCC(C(N)=O)C1. The Kier molecular flexibility index (Phi) is 2.18. The first-order valence-corrected chi connectivity index (χ1v) is 4.03. The lowest BCUT2D eigenvalue weighted by Crippen LogP contribution is -2.37. The predicted octanol–water partition coefficient (Wildman–Crippen LogP) is 0.413. The normalized spacial score (nSPS) is 38.5. The third kappa shape index (κ3) is 2.19. The third-order valence-electron chi connectivity index (χ3n) is 2.36. The summed E-state index contributed by atoms with van der Waals surface area (Å²) < 4.78 is 0. The van der Waals surface area contributed by atoms with Gasteiger partial charge in [-0.15, -0.1) is 0 Å². The molecule has 0 aromatic heterocycles. The molecule has 11 heavy (non-hydrogen) atoms. The number of rotatable bonds is 1. The van der Waals surface area contributed by atoms with Crippen molar-refractivity contribution in [2.24, 2.45) is 11.7 Å². The molecule has 3 heteroatoms. The first-order chi connectivity index (χ1) is 5.01. The van der Waals surface area contributed by atoms with Crippen LogP contribution in [0.2, 0.25) is 0 Å². The van der Waals surface area contributed by atoms with Crippen LogP contribution >= 0.6 is 0 Å². The third-order valence-corrected chi connectivity index (χ3v) is 2.36. The van der Waals surface area contributed by atoms with Crippen LogP contribution in [0, 0.1) is 5.92 Å². The molecule has 3 N–H and O–H groups in total. The minimum Gasteiger partial charge on any atom is -0.390 e. The molecule has 2 unspecified atom stereocenters. The van der Waals surface area contributed by atoms with Crippen molar-refractivity contribution >= 4 is 5.91 Å². The summed E-state index contributed by atoms with van der Waals surface area (Å²) in [4.78, 5) is 10.8. The highest BCUT2D eigenvalue weighted by Gasteiger charge is 2.32. The molecule has 0 saturated heterocycles. The summed E-state index contributed by atoms with van der Waals surface area (Å²) in [6.45, 7) is 1.77. The van der Waals surface area contributed by atoms with Crippen molar-refractivity contribution in [2.75, 3.05) is 0 Å². The zero-order valence-electron chi connectivity index (χ0n) is 6.84. The lowest BCUT2D eigenvalue weighted by atomic mass is 9.79. The largest absolute Gasteiger partial charge is 0.390 e. The van der Waals surface area contributed by atoms with E-state index in [2.05, 4.69) is 0 Å². The van der Waals surface area contributed by atoms with Crippen molar-refractivity contribution in [3.63, 3.8) is 0 Å². The molecule has 3 nitrogen and oxygen atoms in total. The second kappa shape index (κ2) is 2.81. The Labute approximate surface area is 66.6 Å². The summed E-state index contributed by atoms with van der Waals surface area (Å²) in [6.07, 6.45) is 3.06. The number of amides is 1. The zero-order valence-corrected chi connectivity index (χ0v) is 6.84. The van der Waals surface area contributed by atoms with Gasteiger partial charge in [0.2, 0.25) is 5.91 Å². The molecule has 2 atom stereocenters. The van der Waals surface area contributed by atoms with Gasteiger partial charge >= 0.3 is 0 Å². The second-order valence-electron chi connectivity index (χ2n) is 3.69. The number of hydrogen-bond acceptors (Lipinski definition) is 2. The van der Waals surface area contributed by atoms with Crippen molar-refractivity contribution in [3.05, 3.63) is 0 Å². The highest BCUT2D eigenvalue weighted by atomic mass is 16.3. The Bertz CT molecular complexity index is 165. The van der Waals surface area contributed by atoms with Gasteiger partial charge in [-0.05, 0) is 32.6 Å². The summed E-state index contributed by atoms with van der Waals surface area (Å²) in [6, 6.07) is 0. The van der Waals surface area contributed by atoms with E-state index in [1.165, 1.54) is 0 Å². The second-order valence-corrected chi connectivity index (χ2v) is 3.69. The quantitative estimate of drug-likeness (QED) is 0.579. The van der Waals surface area contributed by atoms with Gasteiger partial charge in [0.25, 0.3) is 0 Å². The smallest absolute Gasteiger partial charge is 0.220 e. The average molecular weight is 157 g/mol. The first kappa shape index (κ1) is 8.53. The van der Waals surface area contributed by atoms with Crippen molar-refractivity contribution in [2.45, 2.75) is 38.2 Å². The summed E-state index contributed by atoms with van der Waals surface area (Å²) in [5, 5.41) is 9.59. The molecule has 0 aliphatic heterocycles. The van der Waals surface area contributed by atoms with Crippen LogP contribution in [0.25, 0.3) is 0 Å². The molecule has 0 aromatic carbocycles. The molecule has 1 rings (SSSR count). The predicted molar refractivity (Wildman–Crippen MR) is 41.8 cm³/mol. The summed E-state index contributed by atoms with van der Waals surface area (Å²) in [5.74, 6) is -0.385. The van der Waals surface area contributed by atoms with Gasteiger partial charge in [0, 0.05) is 5.92 Å². The molecule has 0 aromatic rings. The maximum atomic E-state index is 10.8. The van der Waals surface area contributed by atoms with Crippen LogP contribution in [0.15, 0.2) is 0 Å². The van der Waals surface area contributed by atoms with E-state index in [1.807, 2.05) is 0 Å². The maximum Gasteiger partial charge on any atom is 0.220 e. The van der Waals surface area contributed by atoms with Gasteiger partial charge < -0.3 is 10.8 Å². The lowest BCUT2D eigenvalue weighted by molar-refractivity contribution is -0.126. The van der Waals surface area contributed by atoms with Gasteiger partial charge in [-0.25, -0.2) is 0 Å². The van der Waals surface area contributed by atoms with E-state index >= 15 is 0 Å². The standard InChI is InChI=1S/C8H15NO2/c1-8(11)4-2-3-6(5-8)7(9)10/h6,11H,2-5H2,1H3,(H2,9,10). The molecule has 1 amide bonds. The van der Waals surface area contributed by atoms with Crippen LogP contribution in [0.5, 0.6) is 0 Å².